The maximum Gasteiger partial charge on any atom is 0.421 e. The molecule has 248 valence electrons. The molecule has 3 aromatic carbocycles. The maximum atomic E-state index is 13.7. The quantitative estimate of drug-likeness (QED) is 0.129. The van der Waals surface area contributed by atoms with E-state index >= 15 is 0 Å². The summed E-state index contributed by atoms with van der Waals surface area (Å²) in [4.78, 5) is 39.1. The standard InChI is InChI=1S/C36H42Cl2N6O3/c1-6-43(7-2)19-9-8-17-39-34(45)27-10-13-30(14-11-27)41-35-40-18-16-32(42-35)44(23-28-22-29(37)12-15-31(28)38)36(46)47-33-25(4)20-24(3)21-26(33)5/h10-16,18,20-22H,6-9,17,19,23H2,1-5H3,(H,39,45)(H,40,41,42). The van der Waals surface area contributed by atoms with E-state index in [0.717, 1.165) is 49.2 Å². The fourth-order valence-electron chi connectivity index (χ4n) is 5.24. The highest BCUT2D eigenvalue weighted by atomic mass is 35.5. The van der Waals surface area contributed by atoms with Crippen LogP contribution in [-0.4, -0.2) is 53.0 Å². The Morgan fingerprint density at radius 2 is 1.60 bits per heavy atom. The van der Waals surface area contributed by atoms with E-state index in [4.69, 9.17) is 27.9 Å². The van der Waals surface area contributed by atoms with Gasteiger partial charge in [0.1, 0.15) is 11.6 Å². The van der Waals surface area contributed by atoms with Crippen molar-refractivity contribution in [2.75, 3.05) is 36.4 Å². The minimum atomic E-state index is -0.635. The summed E-state index contributed by atoms with van der Waals surface area (Å²) in [6, 6.07) is 17.7. The normalized spacial score (nSPS) is 11.0. The molecule has 2 amide bonds. The van der Waals surface area contributed by atoms with Crippen molar-refractivity contribution in [3.8, 4) is 5.75 Å². The average molecular weight is 678 g/mol. The molecule has 0 aliphatic heterocycles. The van der Waals surface area contributed by atoms with E-state index in [0.29, 0.717) is 45.0 Å². The van der Waals surface area contributed by atoms with Crippen LogP contribution in [0.25, 0.3) is 0 Å². The molecule has 4 rings (SSSR count). The van der Waals surface area contributed by atoms with Crippen LogP contribution < -0.4 is 20.3 Å². The summed E-state index contributed by atoms with van der Waals surface area (Å²) in [7, 11) is 0. The highest BCUT2D eigenvalue weighted by Crippen LogP contribution is 2.29. The van der Waals surface area contributed by atoms with Crippen molar-refractivity contribution in [1.29, 1.82) is 0 Å². The van der Waals surface area contributed by atoms with E-state index in [1.54, 1.807) is 54.7 Å². The number of nitrogens with one attached hydrogen (secondary N) is 2. The number of aromatic nitrogens is 2. The zero-order valence-electron chi connectivity index (χ0n) is 27.6. The van der Waals surface area contributed by atoms with E-state index in [2.05, 4.69) is 39.3 Å². The number of carbonyl (C=O) groups is 2. The lowest BCUT2D eigenvalue weighted by Crippen LogP contribution is -2.34. The Morgan fingerprint density at radius 1 is 0.894 bits per heavy atom. The topological polar surface area (TPSA) is 99.7 Å². The Labute approximate surface area is 287 Å². The zero-order valence-corrected chi connectivity index (χ0v) is 29.1. The highest BCUT2D eigenvalue weighted by molar-refractivity contribution is 6.33. The van der Waals surface area contributed by atoms with Gasteiger partial charge in [0.2, 0.25) is 5.95 Å². The van der Waals surface area contributed by atoms with Gasteiger partial charge in [-0.25, -0.2) is 9.78 Å². The molecule has 1 aromatic heterocycles. The molecule has 0 atom stereocenters. The van der Waals surface area contributed by atoms with Crippen LogP contribution in [0, 0.1) is 20.8 Å². The van der Waals surface area contributed by atoms with Crippen LogP contribution in [0.5, 0.6) is 5.75 Å². The lowest BCUT2D eigenvalue weighted by molar-refractivity contribution is 0.0952. The fraction of sp³-hybridized carbons (Fsp3) is 0.333. The first-order chi connectivity index (χ1) is 22.6. The van der Waals surface area contributed by atoms with Crippen LogP contribution in [-0.2, 0) is 6.54 Å². The summed E-state index contributed by atoms with van der Waals surface area (Å²) in [5, 5.41) is 7.09. The zero-order chi connectivity index (χ0) is 33.9. The molecule has 47 heavy (non-hydrogen) atoms. The van der Waals surface area contributed by atoms with Crippen molar-refractivity contribution in [3.05, 3.63) is 105 Å². The number of ether oxygens (including phenoxy) is 1. The first-order valence-corrected chi connectivity index (χ1v) is 16.5. The molecular formula is C36H42Cl2N6O3. The Bertz CT molecular complexity index is 1660. The van der Waals surface area contributed by atoms with Gasteiger partial charge < -0.3 is 20.3 Å². The van der Waals surface area contributed by atoms with Crippen LogP contribution in [0.2, 0.25) is 10.0 Å². The molecule has 0 fully saturated rings. The van der Waals surface area contributed by atoms with Gasteiger partial charge in [0.25, 0.3) is 5.91 Å². The number of anilines is 3. The summed E-state index contributed by atoms with van der Waals surface area (Å²) in [6.07, 6.45) is 2.88. The third-order valence-electron chi connectivity index (χ3n) is 7.75. The predicted octanol–water partition coefficient (Wildman–Crippen LogP) is 8.51. The van der Waals surface area contributed by atoms with Gasteiger partial charge >= 0.3 is 6.09 Å². The largest absolute Gasteiger partial charge is 0.421 e. The second-order valence-corrected chi connectivity index (χ2v) is 12.2. The van der Waals surface area contributed by atoms with Crippen molar-refractivity contribution >= 4 is 52.7 Å². The molecule has 0 saturated carbocycles. The fourth-order valence-corrected chi connectivity index (χ4v) is 5.61. The van der Waals surface area contributed by atoms with Crippen LogP contribution in [0.3, 0.4) is 0 Å². The number of nitrogens with zero attached hydrogens (tertiary/aromatic N) is 4. The molecule has 2 N–H and O–H groups in total. The Hall–Kier alpha value is -4.18. The molecule has 4 aromatic rings. The van der Waals surface area contributed by atoms with Crippen molar-refractivity contribution in [1.82, 2.24) is 20.2 Å². The van der Waals surface area contributed by atoms with Crippen molar-refractivity contribution in [2.24, 2.45) is 0 Å². The van der Waals surface area contributed by atoms with Gasteiger partial charge in [-0.1, -0.05) is 54.7 Å². The summed E-state index contributed by atoms with van der Waals surface area (Å²) < 4.78 is 5.94. The van der Waals surface area contributed by atoms with Crippen LogP contribution >= 0.6 is 23.2 Å². The molecule has 11 heteroatoms. The van der Waals surface area contributed by atoms with Crippen molar-refractivity contribution in [2.45, 2.75) is 54.0 Å². The summed E-state index contributed by atoms with van der Waals surface area (Å²) in [5.41, 5.74) is 4.62. The molecule has 9 nitrogen and oxygen atoms in total. The summed E-state index contributed by atoms with van der Waals surface area (Å²) in [5.74, 6) is 0.915. The number of unbranched alkanes of at least 4 members (excludes halogenated alkanes) is 1. The average Bonchev–Trinajstić information content (AvgIpc) is 3.05. The summed E-state index contributed by atoms with van der Waals surface area (Å²) in [6.45, 7) is 13.9. The second-order valence-electron chi connectivity index (χ2n) is 11.3. The Balaban J connectivity index is 1.48. The van der Waals surface area contributed by atoms with Crippen molar-refractivity contribution < 1.29 is 14.3 Å². The van der Waals surface area contributed by atoms with Gasteiger partial charge in [0.15, 0.2) is 0 Å². The first kappa shape index (κ1) is 35.7. The lowest BCUT2D eigenvalue weighted by atomic mass is 10.1. The van der Waals surface area contributed by atoms with E-state index in [-0.39, 0.29) is 18.4 Å². The number of hydrogen-bond acceptors (Lipinski definition) is 7. The number of benzene rings is 3. The van der Waals surface area contributed by atoms with Crippen LogP contribution in [0.4, 0.5) is 22.2 Å². The molecule has 0 radical (unpaired) electrons. The minimum Gasteiger partial charge on any atom is -0.409 e. The number of amides is 2. The molecule has 1 heterocycles. The molecule has 0 unspecified atom stereocenters. The number of carbonyl (C=O) groups excluding carboxylic acids is 2. The summed E-state index contributed by atoms with van der Waals surface area (Å²) >= 11 is 12.7. The number of hydrogen-bond donors (Lipinski definition) is 2. The van der Waals surface area contributed by atoms with Gasteiger partial charge in [0, 0.05) is 34.0 Å². The Kier molecular flexibility index (Phi) is 13.0. The number of rotatable bonds is 14. The molecule has 0 saturated heterocycles. The molecule has 0 aliphatic rings. The SMILES string of the molecule is CCN(CC)CCCCNC(=O)c1ccc(Nc2nccc(N(Cc3cc(Cl)ccc3Cl)C(=O)Oc3c(C)cc(C)cc3C)n2)cc1. The molecule has 0 aliphatic carbocycles. The number of aryl methyl sites for hydroxylation is 3. The van der Waals surface area contributed by atoms with Gasteiger partial charge in [-0.2, -0.15) is 4.98 Å². The van der Waals surface area contributed by atoms with Gasteiger partial charge in [-0.3, -0.25) is 9.69 Å². The predicted molar refractivity (Wildman–Crippen MR) is 190 cm³/mol. The minimum absolute atomic E-state index is 0.0535. The lowest BCUT2D eigenvalue weighted by Gasteiger charge is -2.23. The van der Waals surface area contributed by atoms with E-state index < -0.39 is 6.09 Å². The van der Waals surface area contributed by atoms with Crippen LogP contribution in [0.1, 0.15) is 59.3 Å². The van der Waals surface area contributed by atoms with Gasteiger partial charge in [0.05, 0.1) is 6.54 Å². The van der Waals surface area contributed by atoms with Gasteiger partial charge in [-0.15, -0.1) is 0 Å². The number of halogens is 2. The molecule has 0 bridgehead atoms. The third kappa shape index (κ3) is 10.2. The molecular weight excluding hydrogens is 635 g/mol. The molecule has 0 spiro atoms. The smallest absolute Gasteiger partial charge is 0.409 e. The maximum absolute atomic E-state index is 13.7. The Morgan fingerprint density at radius 3 is 2.28 bits per heavy atom. The monoisotopic (exact) mass is 676 g/mol. The van der Waals surface area contributed by atoms with E-state index in [1.165, 1.54) is 4.90 Å². The van der Waals surface area contributed by atoms with Crippen molar-refractivity contribution in [3.63, 3.8) is 0 Å². The van der Waals surface area contributed by atoms with E-state index in [1.807, 2.05) is 32.9 Å². The second kappa shape index (κ2) is 17.1. The highest BCUT2D eigenvalue weighted by Gasteiger charge is 2.23. The van der Waals surface area contributed by atoms with Crippen LogP contribution in [0.15, 0.2) is 66.9 Å². The van der Waals surface area contributed by atoms with E-state index in [9.17, 15) is 9.59 Å². The third-order valence-corrected chi connectivity index (χ3v) is 8.36. The first-order valence-electron chi connectivity index (χ1n) is 15.8. The van der Waals surface area contributed by atoms with Gasteiger partial charge in [-0.05, 0) is 118 Å².